The van der Waals surface area contributed by atoms with Crippen LogP contribution < -0.4 is 10.6 Å². The van der Waals surface area contributed by atoms with Gasteiger partial charge >= 0.3 is 12.2 Å². The molecule has 0 radical (unpaired) electrons. The molecule has 0 aliphatic carbocycles. The molecule has 92 valence electrons. The van der Waals surface area contributed by atoms with Crippen molar-refractivity contribution in [3.05, 3.63) is 0 Å². The molecule has 16 heavy (non-hydrogen) atoms. The van der Waals surface area contributed by atoms with E-state index < -0.39 is 12.2 Å². The molecule has 0 aliphatic rings. The smallest absolute Gasteiger partial charge is 0.413 e. The van der Waals surface area contributed by atoms with E-state index in [1.54, 1.807) is 0 Å². The van der Waals surface area contributed by atoms with Gasteiger partial charge in [0.25, 0.3) is 0 Å². The fourth-order valence-electron chi connectivity index (χ4n) is 0.678. The Morgan fingerprint density at radius 3 is 1.69 bits per heavy atom. The second-order valence-electron chi connectivity index (χ2n) is 2.85. The van der Waals surface area contributed by atoms with Gasteiger partial charge in [-0.25, -0.2) is 9.59 Å². The van der Waals surface area contributed by atoms with Gasteiger partial charge in [0.1, 0.15) is 0 Å². The standard InChI is InChI=1S/C9H16N2O4S/c1-3-5-14-8(12)10-7(16)11-9(13)15-6-4-2/h3-6H2,1-2H3,(H2,10,11,12,13,16). The Morgan fingerprint density at radius 1 is 1.00 bits per heavy atom. The first-order valence-electron chi connectivity index (χ1n) is 5.01. The van der Waals surface area contributed by atoms with Crippen molar-refractivity contribution in [2.24, 2.45) is 0 Å². The Bertz CT molecular complexity index is 234. The third-order valence-corrected chi connectivity index (χ3v) is 1.51. The van der Waals surface area contributed by atoms with Crippen LogP contribution >= 0.6 is 12.2 Å². The van der Waals surface area contributed by atoms with E-state index in [4.69, 9.17) is 9.47 Å². The van der Waals surface area contributed by atoms with Crippen LogP contribution in [0.4, 0.5) is 9.59 Å². The van der Waals surface area contributed by atoms with E-state index in [1.807, 2.05) is 13.8 Å². The summed E-state index contributed by atoms with van der Waals surface area (Å²) in [6.07, 6.45) is 0.0449. The first kappa shape index (κ1) is 14.6. The third-order valence-electron chi connectivity index (χ3n) is 1.31. The SMILES string of the molecule is CCCOC(=O)NC(=S)NC(=O)OCCC. The van der Waals surface area contributed by atoms with Crippen LogP contribution in [0.5, 0.6) is 0 Å². The van der Waals surface area contributed by atoms with Crippen LogP contribution in [-0.2, 0) is 9.47 Å². The number of carbonyl (C=O) groups is 2. The molecule has 0 aromatic heterocycles. The molecule has 6 nitrogen and oxygen atoms in total. The van der Waals surface area contributed by atoms with Crippen LogP contribution in [-0.4, -0.2) is 30.5 Å². The lowest BCUT2D eigenvalue weighted by Crippen LogP contribution is -2.42. The van der Waals surface area contributed by atoms with E-state index >= 15 is 0 Å². The molecule has 7 heteroatoms. The van der Waals surface area contributed by atoms with Gasteiger partial charge in [0, 0.05) is 0 Å². The predicted octanol–water partition coefficient (Wildman–Crippen LogP) is 1.54. The average Bonchev–Trinajstić information content (AvgIpc) is 2.23. The monoisotopic (exact) mass is 248 g/mol. The summed E-state index contributed by atoms with van der Waals surface area (Å²) in [5, 5.41) is 4.22. The number of nitrogens with one attached hydrogen (secondary N) is 2. The van der Waals surface area contributed by atoms with Gasteiger partial charge in [0.15, 0.2) is 5.11 Å². The first-order chi connectivity index (χ1) is 7.60. The van der Waals surface area contributed by atoms with Crippen LogP contribution in [0.2, 0.25) is 0 Å². The van der Waals surface area contributed by atoms with Crippen LogP contribution in [0, 0.1) is 0 Å². The maximum absolute atomic E-state index is 11.0. The summed E-state index contributed by atoms with van der Waals surface area (Å²) in [5.41, 5.74) is 0. The molecule has 0 fully saturated rings. The lowest BCUT2D eigenvalue weighted by molar-refractivity contribution is 0.149. The molecular weight excluding hydrogens is 232 g/mol. The van der Waals surface area contributed by atoms with Gasteiger partial charge in [-0.15, -0.1) is 0 Å². The summed E-state index contributed by atoms with van der Waals surface area (Å²) in [6, 6.07) is 0. The Hall–Kier alpha value is -1.37. The van der Waals surface area contributed by atoms with Crippen molar-refractivity contribution in [1.29, 1.82) is 0 Å². The molecular formula is C9H16N2O4S. The molecule has 0 aromatic carbocycles. The van der Waals surface area contributed by atoms with E-state index in [2.05, 4.69) is 22.9 Å². The Kier molecular flexibility index (Phi) is 8.14. The molecule has 0 rings (SSSR count). The van der Waals surface area contributed by atoms with E-state index in [9.17, 15) is 9.59 Å². The zero-order valence-electron chi connectivity index (χ0n) is 9.37. The van der Waals surface area contributed by atoms with Gasteiger partial charge in [-0.05, 0) is 25.1 Å². The summed E-state index contributed by atoms with van der Waals surface area (Å²) in [7, 11) is 0. The predicted molar refractivity (Wildman–Crippen MR) is 62.1 cm³/mol. The molecule has 0 bridgehead atoms. The summed E-state index contributed by atoms with van der Waals surface area (Å²) < 4.78 is 9.39. The molecule has 2 amide bonds. The molecule has 0 saturated carbocycles. The van der Waals surface area contributed by atoms with Crippen molar-refractivity contribution in [3.8, 4) is 0 Å². The molecule has 0 spiro atoms. The van der Waals surface area contributed by atoms with Crippen molar-refractivity contribution in [3.63, 3.8) is 0 Å². The van der Waals surface area contributed by atoms with Gasteiger partial charge in [-0.3, -0.25) is 10.6 Å². The zero-order chi connectivity index (χ0) is 12.4. The van der Waals surface area contributed by atoms with E-state index in [-0.39, 0.29) is 5.11 Å². The summed E-state index contributed by atoms with van der Waals surface area (Å²) in [6.45, 7) is 4.33. The zero-order valence-corrected chi connectivity index (χ0v) is 10.2. The number of alkyl carbamates (subject to hydrolysis) is 2. The number of hydrogen-bond acceptors (Lipinski definition) is 5. The summed E-state index contributed by atoms with van der Waals surface area (Å²) in [4.78, 5) is 22.0. The second-order valence-corrected chi connectivity index (χ2v) is 3.26. The lowest BCUT2D eigenvalue weighted by atomic mass is 10.5. The largest absolute Gasteiger partial charge is 0.449 e. The van der Waals surface area contributed by atoms with Crippen molar-refractivity contribution in [2.75, 3.05) is 13.2 Å². The molecule has 0 saturated heterocycles. The molecule has 0 heterocycles. The Balaban J connectivity index is 3.72. The minimum Gasteiger partial charge on any atom is -0.449 e. The highest BCUT2D eigenvalue weighted by Crippen LogP contribution is 1.84. The average molecular weight is 248 g/mol. The lowest BCUT2D eigenvalue weighted by Gasteiger charge is -2.08. The summed E-state index contributed by atoms with van der Waals surface area (Å²) >= 11 is 4.68. The van der Waals surface area contributed by atoms with Crippen molar-refractivity contribution >= 4 is 29.5 Å². The van der Waals surface area contributed by atoms with Gasteiger partial charge < -0.3 is 9.47 Å². The number of carbonyl (C=O) groups excluding carboxylic acids is 2. The number of rotatable bonds is 4. The molecule has 0 aliphatic heterocycles. The third kappa shape index (κ3) is 7.98. The number of ether oxygens (including phenoxy) is 2. The minimum absolute atomic E-state index is 0.137. The normalized spacial score (nSPS) is 9.12. The van der Waals surface area contributed by atoms with Crippen molar-refractivity contribution < 1.29 is 19.1 Å². The molecule has 0 atom stereocenters. The van der Waals surface area contributed by atoms with Gasteiger partial charge in [-0.2, -0.15) is 0 Å². The van der Waals surface area contributed by atoms with E-state index in [0.29, 0.717) is 26.1 Å². The fourth-order valence-corrected chi connectivity index (χ4v) is 0.845. The van der Waals surface area contributed by atoms with Crippen molar-refractivity contribution in [1.82, 2.24) is 10.6 Å². The van der Waals surface area contributed by atoms with Gasteiger partial charge in [0.2, 0.25) is 0 Å². The van der Waals surface area contributed by atoms with Gasteiger partial charge in [0.05, 0.1) is 13.2 Å². The maximum Gasteiger partial charge on any atom is 0.413 e. The minimum atomic E-state index is -0.692. The fraction of sp³-hybridized carbons (Fsp3) is 0.667. The van der Waals surface area contributed by atoms with Crippen LogP contribution in [0.1, 0.15) is 26.7 Å². The number of hydrogen-bond donors (Lipinski definition) is 2. The first-order valence-corrected chi connectivity index (χ1v) is 5.42. The maximum atomic E-state index is 11.0. The highest BCUT2D eigenvalue weighted by atomic mass is 32.1. The highest BCUT2D eigenvalue weighted by molar-refractivity contribution is 7.80. The highest BCUT2D eigenvalue weighted by Gasteiger charge is 2.08. The van der Waals surface area contributed by atoms with Crippen LogP contribution in [0.3, 0.4) is 0 Å². The number of amides is 2. The van der Waals surface area contributed by atoms with Crippen LogP contribution in [0.15, 0.2) is 0 Å². The summed E-state index contributed by atoms with van der Waals surface area (Å²) in [5.74, 6) is 0. The topological polar surface area (TPSA) is 76.7 Å². The molecule has 2 N–H and O–H groups in total. The molecule has 0 unspecified atom stereocenters. The second kappa shape index (κ2) is 8.90. The molecule has 0 aromatic rings. The number of thiocarbonyl (C=S) groups is 1. The van der Waals surface area contributed by atoms with E-state index in [1.165, 1.54) is 0 Å². The Morgan fingerprint density at radius 2 is 1.38 bits per heavy atom. The van der Waals surface area contributed by atoms with E-state index in [0.717, 1.165) is 0 Å². The Labute approximate surface area is 99.7 Å². The van der Waals surface area contributed by atoms with Crippen LogP contribution in [0.25, 0.3) is 0 Å². The van der Waals surface area contributed by atoms with Crippen molar-refractivity contribution in [2.45, 2.75) is 26.7 Å². The quantitative estimate of drug-likeness (QED) is 0.738. The van der Waals surface area contributed by atoms with Gasteiger partial charge in [-0.1, -0.05) is 13.8 Å².